The van der Waals surface area contributed by atoms with Crippen LogP contribution >= 0.6 is 0 Å². The summed E-state index contributed by atoms with van der Waals surface area (Å²) in [5, 5.41) is 15.8. The van der Waals surface area contributed by atoms with Crippen molar-refractivity contribution in [2.75, 3.05) is 5.32 Å². The summed E-state index contributed by atoms with van der Waals surface area (Å²) in [5.74, 6) is -1.41. The molecule has 0 bridgehead atoms. The Kier molecular flexibility index (Phi) is 3.27. The number of anilines is 2. The van der Waals surface area contributed by atoms with Crippen molar-refractivity contribution in [2.45, 2.75) is 13.5 Å². The molecular formula is C12H12FN3O2. The number of nitrogens with one attached hydrogen (secondary N) is 1. The van der Waals surface area contributed by atoms with Gasteiger partial charge in [0, 0.05) is 18.8 Å². The first-order valence-electron chi connectivity index (χ1n) is 5.44. The van der Waals surface area contributed by atoms with E-state index >= 15 is 0 Å². The highest BCUT2D eigenvalue weighted by atomic mass is 19.1. The Morgan fingerprint density at radius 2 is 2.28 bits per heavy atom. The zero-order valence-corrected chi connectivity index (χ0v) is 9.72. The van der Waals surface area contributed by atoms with Crippen LogP contribution in [0.2, 0.25) is 0 Å². The van der Waals surface area contributed by atoms with Crippen molar-refractivity contribution in [3.8, 4) is 0 Å². The molecule has 2 N–H and O–H groups in total. The Labute approximate surface area is 103 Å². The zero-order chi connectivity index (χ0) is 13.1. The van der Waals surface area contributed by atoms with E-state index in [1.54, 1.807) is 16.9 Å². The fraction of sp³-hybridized carbons (Fsp3) is 0.167. The monoisotopic (exact) mass is 249 g/mol. The molecule has 2 aromatic rings. The van der Waals surface area contributed by atoms with E-state index in [-0.39, 0.29) is 11.3 Å². The standard InChI is InChI=1S/C12H12FN3O2/c1-2-16-7-6-10(15-16)14-11-8(12(17)18)4-3-5-9(11)13/h3-7H,2H2,1H3,(H,14,15)(H,17,18). The van der Waals surface area contributed by atoms with Crippen molar-refractivity contribution in [3.63, 3.8) is 0 Å². The Balaban J connectivity index is 2.36. The van der Waals surface area contributed by atoms with Gasteiger partial charge >= 0.3 is 5.97 Å². The lowest BCUT2D eigenvalue weighted by molar-refractivity contribution is 0.0697. The maximum Gasteiger partial charge on any atom is 0.337 e. The van der Waals surface area contributed by atoms with Gasteiger partial charge in [-0.05, 0) is 19.1 Å². The number of carboxylic acid groups (broad SMARTS) is 1. The molecule has 0 atom stereocenters. The summed E-state index contributed by atoms with van der Waals surface area (Å²) in [6.45, 7) is 2.60. The third-order valence-electron chi connectivity index (χ3n) is 2.46. The average Bonchev–Trinajstić information content (AvgIpc) is 2.79. The number of benzene rings is 1. The number of halogens is 1. The molecule has 0 aliphatic rings. The highest BCUT2D eigenvalue weighted by Crippen LogP contribution is 2.23. The molecule has 94 valence electrons. The number of rotatable bonds is 4. The first kappa shape index (κ1) is 12.1. The lowest BCUT2D eigenvalue weighted by Gasteiger charge is -2.08. The third kappa shape index (κ3) is 2.32. The number of nitrogens with zero attached hydrogens (tertiary/aromatic N) is 2. The Bertz CT molecular complexity index is 580. The summed E-state index contributed by atoms with van der Waals surface area (Å²) in [7, 11) is 0. The van der Waals surface area contributed by atoms with E-state index in [0.29, 0.717) is 12.4 Å². The molecule has 0 aliphatic heterocycles. The minimum atomic E-state index is -1.19. The molecule has 0 spiro atoms. The molecule has 0 unspecified atom stereocenters. The van der Waals surface area contributed by atoms with Gasteiger partial charge in [0.05, 0.1) is 11.3 Å². The molecule has 2 rings (SSSR count). The summed E-state index contributed by atoms with van der Waals surface area (Å²) in [6, 6.07) is 5.55. The van der Waals surface area contributed by atoms with Crippen molar-refractivity contribution in [1.82, 2.24) is 9.78 Å². The van der Waals surface area contributed by atoms with E-state index in [1.165, 1.54) is 18.2 Å². The van der Waals surface area contributed by atoms with Crippen LogP contribution in [0.5, 0.6) is 0 Å². The molecule has 1 heterocycles. The highest BCUT2D eigenvalue weighted by molar-refractivity contribution is 5.95. The summed E-state index contributed by atoms with van der Waals surface area (Å²) in [5.41, 5.74) is -0.201. The maximum atomic E-state index is 13.6. The van der Waals surface area contributed by atoms with Crippen molar-refractivity contribution in [1.29, 1.82) is 0 Å². The first-order chi connectivity index (χ1) is 8.61. The van der Waals surface area contributed by atoms with Gasteiger partial charge in [-0.15, -0.1) is 0 Å². The van der Waals surface area contributed by atoms with Gasteiger partial charge in [0.1, 0.15) is 5.82 Å². The number of aromatic nitrogens is 2. The maximum absolute atomic E-state index is 13.6. The fourth-order valence-electron chi connectivity index (χ4n) is 1.56. The van der Waals surface area contributed by atoms with E-state index < -0.39 is 11.8 Å². The van der Waals surface area contributed by atoms with Crippen LogP contribution < -0.4 is 5.32 Å². The van der Waals surface area contributed by atoms with Crippen LogP contribution in [0.25, 0.3) is 0 Å². The predicted octanol–water partition coefficient (Wildman–Crippen LogP) is 2.48. The average molecular weight is 249 g/mol. The normalized spacial score (nSPS) is 10.3. The summed E-state index contributed by atoms with van der Waals surface area (Å²) < 4.78 is 15.3. The minimum Gasteiger partial charge on any atom is -0.478 e. The second-order valence-corrected chi connectivity index (χ2v) is 3.65. The van der Waals surface area contributed by atoms with Crippen LogP contribution in [0, 0.1) is 5.82 Å². The number of para-hydroxylation sites is 1. The Morgan fingerprint density at radius 3 is 2.89 bits per heavy atom. The van der Waals surface area contributed by atoms with Crippen LogP contribution in [0.4, 0.5) is 15.9 Å². The van der Waals surface area contributed by atoms with Gasteiger partial charge in [0.25, 0.3) is 0 Å². The molecular weight excluding hydrogens is 237 g/mol. The van der Waals surface area contributed by atoms with Gasteiger partial charge < -0.3 is 10.4 Å². The summed E-state index contributed by atoms with van der Waals surface area (Å²) >= 11 is 0. The van der Waals surface area contributed by atoms with Gasteiger partial charge in [-0.1, -0.05) is 6.07 Å². The molecule has 0 fully saturated rings. The lowest BCUT2D eigenvalue weighted by atomic mass is 10.1. The molecule has 1 aromatic heterocycles. The molecule has 0 radical (unpaired) electrons. The van der Waals surface area contributed by atoms with E-state index in [2.05, 4.69) is 10.4 Å². The van der Waals surface area contributed by atoms with Gasteiger partial charge in [-0.2, -0.15) is 5.10 Å². The predicted molar refractivity (Wildman–Crippen MR) is 64.5 cm³/mol. The molecule has 0 amide bonds. The van der Waals surface area contributed by atoms with E-state index in [1.807, 2.05) is 6.92 Å². The second-order valence-electron chi connectivity index (χ2n) is 3.65. The number of hydrogen-bond donors (Lipinski definition) is 2. The van der Waals surface area contributed by atoms with Crippen molar-refractivity contribution < 1.29 is 14.3 Å². The van der Waals surface area contributed by atoms with Crippen LogP contribution in [-0.4, -0.2) is 20.9 Å². The van der Waals surface area contributed by atoms with Crippen LogP contribution in [-0.2, 0) is 6.54 Å². The zero-order valence-electron chi connectivity index (χ0n) is 9.72. The quantitative estimate of drug-likeness (QED) is 0.873. The fourth-order valence-corrected chi connectivity index (χ4v) is 1.56. The van der Waals surface area contributed by atoms with Crippen LogP contribution in [0.15, 0.2) is 30.5 Å². The van der Waals surface area contributed by atoms with Crippen molar-refractivity contribution in [3.05, 3.63) is 41.8 Å². The number of aryl methyl sites for hydroxylation is 1. The number of aromatic carboxylic acids is 1. The number of hydrogen-bond acceptors (Lipinski definition) is 3. The molecule has 1 aromatic carbocycles. The van der Waals surface area contributed by atoms with E-state index in [0.717, 1.165) is 0 Å². The summed E-state index contributed by atoms with van der Waals surface area (Å²) in [6.07, 6.45) is 1.73. The largest absolute Gasteiger partial charge is 0.478 e. The highest BCUT2D eigenvalue weighted by Gasteiger charge is 2.14. The Hall–Kier alpha value is -2.37. The third-order valence-corrected chi connectivity index (χ3v) is 2.46. The number of carboxylic acids is 1. The smallest absolute Gasteiger partial charge is 0.337 e. The summed E-state index contributed by atoms with van der Waals surface area (Å²) in [4.78, 5) is 11.0. The van der Waals surface area contributed by atoms with Crippen LogP contribution in [0.1, 0.15) is 17.3 Å². The lowest BCUT2D eigenvalue weighted by Crippen LogP contribution is -2.05. The SMILES string of the molecule is CCn1ccc(Nc2c(F)cccc2C(=O)O)n1. The molecule has 0 saturated heterocycles. The molecule has 0 aliphatic carbocycles. The molecule has 6 heteroatoms. The number of carbonyl (C=O) groups is 1. The molecule has 5 nitrogen and oxygen atoms in total. The van der Waals surface area contributed by atoms with Gasteiger partial charge in [-0.3, -0.25) is 4.68 Å². The molecule has 0 saturated carbocycles. The van der Waals surface area contributed by atoms with E-state index in [4.69, 9.17) is 5.11 Å². The van der Waals surface area contributed by atoms with E-state index in [9.17, 15) is 9.18 Å². The Morgan fingerprint density at radius 1 is 1.50 bits per heavy atom. The first-order valence-corrected chi connectivity index (χ1v) is 5.44. The van der Waals surface area contributed by atoms with Crippen molar-refractivity contribution in [2.24, 2.45) is 0 Å². The minimum absolute atomic E-state index is 0.0775. The second kappa shape index (κ2) is 4.87. The molecule has 18 heavy (non-hydrogen) atoms. The van der Waals surface area contributed by atoms with Crippen molar-refractivity contribution >= 4 is 17.5 Å². The van der Waals surface area contributed by atoms with Crippen LogP contribution in [0.3, 0.4) is 0 Å². The van der Waals surface area contributed by atoms with Gasteiger partial charge in [0.15, 0.2) is 5.82 Å². The van der Waals surface area contributed by atoms with Gasteiger partial charge in [0.2, 0.25) is 0 Å². The van der Waals surface area contributed by atoms with Gasteiger partial charge in [-0.25, -0.2) is 9.18 Å². The topological polar surface area (TPSA) is 67.2 Å².